The van der Waals surface area contributed by atoms with Gasteiger partial charge in [-0.2, -0.15) is 5.10 Å². The molecule has 5 nitrogen and oxygen atoms in total. The summed E-state index contributed by atoms with van der Waals surface area (Å²) in [7, 11) is 0. The molecule has 20 heavy (non-hydrogen) atoms. The number of hydrogen-bond acceptors (Lipinski definition) is 3. The molecule has 2 heterocycles. The highest BCUT2D eigenvalue weighted by atomic mass is 16.1. The molecule has 0 aliphatic heterocycles. The van der Waals surface area contributed by atoms with Crippen molar-refractivity contribution in [1.29, 1.82) is 0 Å². The standard InChI is InChI=1S/C15H12N4O/c20-15(12-6-9-16-10-7-12)18-13-4-1-2-5-14(13)19-11-3-8-17-19/h1-11H,(H,18,20). The van der Waals surface area contributed by atoms with Gasteiger partial charge in [-0.05, 0) is 30.3 Å². The number of para-hydroxylation sites is 2. The van der Waals surface area contributed by atoms with E-state index in [9.17, 15) is 4.79 Å². The topological polar surface area (TPSA) is 59.8 Å². The van der Waals surface area contributed by atoms with E-state index in [1.54, 1.807) is 35.4 Å². The Morgan fingerprint density at radius 1 is 1.00 bits per heavy atom. The molecule has 0 saturated heterocycles. The van der Waals surface area contributed by atoms with E-state index in [2.05, 4.69) is 15.4 Å². The summed E-state index contributed by atoms with van der Waals surface area (Å²) in [6, 6.07) is 12.7. The van der Waals surface area contributed by atoms with Crippen LogP contribution in [0.3, 0.4) is 0 Å². The number of nitrogens with zero attached hydrogens (tertiary/aromatic N) is 3. The molecule has 0 saturated carbocycles. The number of nitrogens with one attached hydrogen (secondary N) is 1. The molecule has 0 aliphatic carbocycles. The Morgan fingerprint density at radius 2 is 1.80 bits per heavy atom. The molecule has 0 spiro atoms. The molecule has 1 amide bonds. The second-order valence-corrected chi connectivity index (χ2v) is 4.16. The molecule has 0 atom stereocenters. The largest absolute Gasteiger partial charge is 0.320 e. The molecule has 3 rings (SSSR count). The average molecular weight is 264 g/mol. The maximum Gasteiger partial charge on any atom is 0.255 e. The molecule has 0 fully saturated rings. The molecule has 0 aliphatic rings. The number of carbonyl (C=O) groups excluding carboxylic acids is 1. The van der Waals surface area contributed by atoms with Gasteiger partial charge in [0, 0.05) is 30.4 Å². The van der Waals surface area contributed by atoms with Crippen molar-refractivity contribution >= 4 is 11.6 Å². The van der Waals surface area contributed by atoms with Crippen LogP contribution < -0.4 is 5.32 Å². The van der Waals surface area contributed by atoms with E-state index in [1.807, 2.05) is 36.5 Å². The van der Waals surface area contributed by atoms with Gasteiger partial charge in [-0.25, -0.2) is 4.68 Å². The smallest absolute Gasteiger partial charge is 0.255 e. The van der Waals surface area contributed by atoms with Crippen molar-refractivity contribution in [3.05, 3.63) is 72.8 Å². The van der Waals surface area contributed by atoms with Crippen LogP contribution in [0.5, 0.6) is 0 Å². The number of amides is 1. The minimum absolute atomic E-state index is 0.174. The van der Waals surface area contributed by atoms with Crippen LogP contribution in [0.4, 0.5) is 5.69 Å². The van der Waals surface area contributed by atoms with E-state index < -0.39 is 0 Å². The van der Waals surface area contributed by atoms with Crippen molar-refractivity contribution in [3.8, 4) is 5.69 Å². The summed E-state index contributed by atoms with van der Waals surface area (Å²) in [6.07, 6.45) is 6.71. The molecule has 1 aromatic carbocycles. The Hall–Kier alpha value is -2.95. The zero-order valence-corrected chi connectivity index (χ0v) is 10.6. The fraction of sp³-hybridized carbons (Fsp3) is 0. The van der Waals surface area contributed by atoms with Gasteiger partial charge in [0.25, 0.3) is 5.91 Å². The highest BCUT2D eigenvalue weighted by Crippen LogP contribution is 2.19. The number of anilines is 1. The van der Waals surface area contributed by atoms with Crippen LogP contribution in [0.25, 0.3) is 5.69 Å². The van der Waals surface area contributed by atoms with Crippen LogP contribution in [0.2, 0.25) is 0 Å². The average Bonchev–Trinajstić information content (AvgIpc) is 3.03. The number of aromatic nitrogens is 3. The lowest BCUT2D eigenvalue weighted by Crippen LogP contribution is -2.13. The lowest BCUT2D eigenvalue weighted by atomic mass is 10.2. The van der Waals surface area contributed by atoms with Gasteiger partial charge in [-0.3, -0.25) is 9.78 Å². The molecular formula is C15H12N4O. The summed E-state index contributed by atoms with van der Waals surface area (Å²) in [5.74, 6) is -0.174. The molecule has 2 aromatic heterocycles. The molecule has 0 unspecified atom stereocenters. The fourth-order valence-corrected chi connectivity index (χ4v) is 1.89. The Kier molecular flexibility index (Phi) is 3.24. The minimum Gasteiger partial charge on any atom is -0.320 e. The number of pyridine rings is 1. The van der Waals surface area contributed by atoms with Crippen LogP contribution in [0.15, 0.2) is 67.3 Å². The van der Waals surface area contributed by atoms with Gasteiger partial charge in [-0.15, -0.1) is 0 Å². The molecular weight excluding hydrogens is 252 g/mol. The maximum atomic E-state index is 12.2. The van der Waals surface area contributed by atoms with Gasteiger partial charge in [-0.1, -0.05) is 12.1 Å². The lowest BCUT2D eigenvalue weighted by Gasteiger charge is -2.10. The number of rotatable bonds is 3. The summed E-state index contributed by atoms with van der Waals surface area (Å²) in [5, 5.41) is 7.07. The summed E-state index contributed by atoms with van der Waals surface area (Å²) in [5.41, 5.74) is 2.09. The molecule has 98 valence electrons. The maximum absolute atomic E-state index is 12.2. The fourth-order valence-electron chi connectivity index (χ4n) is 1.89. The zero-order chi connectivity index (χ0) is 13.8. The van der Waals surface area contributed by atoms with Crippen LogP contribution in [-0.4, -0.2) is 20.7 Å². The van der Waals surface area contributed by atoms with Crippen molar-refractivity contribution in [1.82, 2.24) is 14.8 Å². The normalized spacial score (nSPS) is 10.2. The third-order valence-corrected chi connectivity index (χ3v) is 2.85. The third kappa shape index (κ3) is 2.42. The van der Waals surface area contributed by atoms with E-state index in [4.69, 9.17) is 0 Å². The Balaban J connectivity index is 1.90. The first-order chi connectivity index (χ1) is 9.84. The predicted molar refractivity (Wildman–Crippen MR) is 75.8 cm³/mol. The molecule has 0 bridgehead atoms. The minimum atomic E-state index is -0.174. The number of hydrogen-bond donors (Lipinski definition) is 1. The van der Waals surface area contributed by atoms with E-state index in [-0.39, 0.29) is 5.91 Å². The number of carbonyl (C=O) groups is 1. The number of benzene rings is 1. The molecule has 0 radical (unpaired) electrons. The first kappa shape index (κ1) is 12.1. The second kappa shape index (κ2) is 5.36. The van der Waals surface area contributed by atoms with E-state index >= 15 is 0 Å². The summed E-state index contributed by atoms with van der Waals surface area (Å²) < 4.78 is 1.71. The van der Waals surface area contributed by atoms with Crippen molar-refractivity contribution in [2.75, 3.05) is 5.32 Å². The summed E-state index contributed by atoms with van der Waals surface area (Å²) in [6.45, 7) is 0. The highest BCUT2D eigenvalue weighted by Gasteiger charge is 2.09. The molecule has 1 N–H and O–H groups in total. The van der Waals surface area contributed by atoms with Crippen molar-refractivity contribution in [2.24, 2.45) is 0 Å². The zero-order valence-electron chi connectivity index (χ0n) is 10.6. The lowest BCUT2D eigenvalue weighted by molar-refractivity contribution is 0.102. The predicted octanol–water partition coefficient (Wildman–Crippen LogP) is 2.52. The van der Waals surface area contributed by atoms with Crippen molar-refractivity contribution in [2.45, 2.75) is 0 Å². The van der Waals surface area contributed by atoms with Gasteiger partial charge < -0.3 is 5.32 Å². The Morgan fingerprint density at radius 3 is 2.55 bits per heavy atom. The van der Waals surface area contributed by atoms with Crippen LogP contribution >= 0.6 is 0 Å². The third-order valence-electron chi connectivity index (χ3n) is 2.85. The van der Waals surface area contributed by atoms with Crippen molar-refractivity contribution < 1.29 is 4.79 Å². The Labute approximate surface area is 115 Å². The van der Waals surface area contributed by atoms with Crippen molar-refractivity contribution in [3.63, 3.8) is 0 Å². The molecule has 3 aromatic rings. The Bertz CT molecular complexity index is 708. The van der Waals surface area contributed by atoms with Crippen LogP contribution in [0, 0.1) is 0 Å². The van der Waals surface area contributed by atoms with Gasteiger partial charge in [0.15, 0.2) is 0 Å². The van der Waals surface area contributed by atoms with E-state index in [0.29, 0.717) is 11.3 Å². The van der Waals surface area contributed by atoms with E-state index in [0.717, 1.165) is 5.69 Å². The van der Waals surface area contributed by atoms with E-state index in [1.165, 1.54) is 0 Å². The van der Waals surface area contributed by atoms with Crippen LogP contribution in [-0.2, 0) is 0 Å². The SMILES string of the molecule is O=C(Nc1ccccc1-n1cccn1)c1ccncc1. The first-order valence-corrected chi connectivity index (χ1v) is 6.15. The second-order valence-electron chi connectivity index (χ2n) is 4.16. The quantitative estimate of drug-likeness (QED) is 0.790. The van der Waals surface area contributed by atoms with Gasteiger partial charge in [0.05, 0.1) is 11.4 Å². The first-order valence-electron chi connectivity index (χ1n) is 6.15. The monoisotopic (exact) mass is 264 g/mol. The van der Waals surface area contributed by atoms with Gasteiger partial charge in [0.2, 0.25) is 0 Å². The van der Waals surface area contributed by atoms with Crippen LogP contribution in [0.1, 0.15) is 10.4 Å². The highest BCUT2D eigenvalue weighted by molar-refractivity contribution is 6.05. The van der Waals surface area contributed by atoms with Gasteiger partial charge >= 0.3 is 0 Å². The summed E-state index contributed by atoms with van der Waals surface area (Å²) >= 11 is 0. The molecule has 5 heteroatoms. The van der Waals surface area contributed by atoms with Gasteiger partial charge in [0.1, 0.15) is 0 Å². The summed E-state index contributed by atoms with van der Waals surface area (Å²) in [4.78, 5) is 16.1.